The average molecular weight is 259 g/mol. The van der Waals surface area contributed by atoms with Crippen molar-refractivity contribution in [3.63, 3.8) is 0 Å². The number of aromatic nitrogens is 1. The van der Waals surface area contributed by atoms with Crippen LogP contribution in [0.2, 0.25) is 0 Å². The highest BCUT2D eigenvalue weighted by Gasteiger charge is 2.06. The highest BCUT2D eigenvalue weighted by Crippen LogP contribution is 2.13. The Hall–Kier alpha value is -1.94. The van der Waals surface area contributed by atoms with Gasteiger partial charge in [-0.1, -0.05) is 6.07 Å². The zero-order chi connectivity index (χ0) is 13.7. The molecule has 2 rings (SSSR count). The molecule has 0 saturated carbocycles. The van der Waals surface area contributed by atoms with Crippen molar-refractivity contribution in [1.82, 2.24) is 9.88 Å². The van der Waals surface area contributed by atoms with Crippen molar-refractivity contribution in [3.8, 4) is 0 Å². The van der Waals surface area contributed by atoms with E-state index in [9.17, 15) is 4.39 Å². The molecule has 0 aliphatic carbocycles. The highest BCUT2D eigenvalue weighted by atomic mass is 19.1. The number of pyridine rings is 1. The molecule has 2 aromatic rings. The molecule has 4 heteroatoms. The van der Waals surface area contributed by atoms with Gasteiger partial charge in [-0.25, -0.2) is 4.39 Å². The second-order valence-corrected chi connectivity index (χ2v) is 4.69. The third kappa shape index (κ3) is 4.03. The number of rotatable bonds is 5. The van der Waals surface area contributed by atoms with Gasteiger partial charge in [0.2, 0.25) is 0 Å². The summed E-state index contributed by atoms with van der Waals surface area (Å²) < 4.78 is 13.7. The van der Waals surface area contributed by atoms with E-state index in [0.717, 1.165) is 13.0 Å². The molecule has 2 N–H and O–H groups in total. The van der Waals surface area contributed by atoms with Crippen molar-refractivity contribution in [1.29, 1.82) is 0 Å². The van der Waals surface area contributed by atoms with Crippen LogP contribution in [0.15, 0.2) is 42.7 Å². The van der Waals surface area contributed by atoms with Gasteiger partial charge < -0.3 is 10.6 Å². The number of nitrogens with two attached hydrogens (primary N) is 1. The van der Waals surface area contributed by atoms with Crippen LogP contribution in [-0.2, 0) is 13.0 Å². The second kappa shape index (κ2) is 6.29. The maximum absolute atomic E-state index is 13.7. The first-order valence-electron chi connectivity index (χ1n) is 6.26. The van der Waals surface area contributed by atoms with Gasteiger partial charge in [0, 0.05) is 36.7 Å². The smallest absolute Gasteiger partial charge is 0.129 e. The van der Waals surface area contributed by atoms with Gasteiger partial charge in [0.1, 0.15) is 5.82 Å². The molecule has 0 amide bonds. The Labute approximate surface area is 112 Å². The zero-order valence-corrected chi connectivity index (χ0v) is 11.0. The minimum atomic E-state index is -0.240. The standard InChI is InChI=1S/C15H18FN3/c1-19(9-6-12-4-7-18-8-5-12)11-13-2-3-14(17)10-15(13)16/h2-5,7-8,10H,6,9,11,17H2,1H3. The Bertz CT molecular complexity index is 528. The van der Waals surface area contributed by atoms with Gasteiger partial charge >= 0.3 is 0 Å². The number of likely N-dealkylation sites (N-methyl/N-ethyl adjacent to an activating group) is 1. The Morgan fingerprint density at radius 3 is 2.63 bits per heavy atom. The summed E-state index contributed by atoms with van der Waals surface area (Å²) in [7, 11) is 1.98. The molecule has 100 valence electrons. The molecular formula is C15H18FN3. The van der Waals surface area contributed by atoms with E-state index in [-0.39, 0.29) is 5.82 Å². The number of nitrogen functional groups attached to an aromatic ring is 1. The van der Waals surface area contributed by atoms with Gasteiger partial charge in [-0.15, -0.1) is 0 Å². The molecule has 0 bridgehead atoms. The van der Waals surface area contributed by atoms with Crippen molar-refractivity contribution in [2.75, 3.05) is 19.3 Å². The number of anilines is 1. The predicted octanol–water partition coefficient (Wildman–Crippen LogP) is 2.48. The molecular weight excluding hydrogens is 241 g/mol. The third-order valence-corrected chi connectivity index (χ3v) is 3.05. The van der Waals surface area contributed by atoms with Crippen LogP contribution < -0.4 is 5.73 Å². The fourth-order valence-electron chi connectivity index (χ4n) is 1.93. The molecule has 0 saturated heterocycles. The summed E-state index contributed by atoms with van der Waals surface area (Å²) in [6, 6.07) is 8.84. The summed E-state index contributed by atoms with van der Waals surface area (Å²) in [6.45, 7) is 1.45. The molecule has 19 heavy (non-hydrogen) atoms. The second-order valence-electron chi connectivity index (χ2n) is 4.69. The van der Waals surface area contributed by atoms with Crippen LogP contribution >= 0.6 is 0 Å². The van der Waals surface area contributed by atoms with Crippen LogP contribution in [0, 0.1) is 5.82 Å². The average Bonchev–Trinajstić information content (AvgIpc) is 2.41. The van der Waals surface area contributed by atoms with Gasteiger partial charge in [-0.05, 0) is 43.3 Å². The third-order valence-electron chi connectivity index (χ3n) is 3.05. The minimum Gasteiger partial charge on any atom is -0.399 e. The van der Waals surface area contributed by atoms with E-state index in [0.29, 0.717) is 17.8 Å². The van der Waals surface area contributed by atoms with E-state index in [1.807, 2.05) is 19.2 Å². The summed E-state index contributed by atoms with van der Waals surface area (Å²) in [5.74, 6) is -0.240. The van der Waals surface area contributed by atoms with Gasteiger partial charge in [0.15, 0.2) is 0 Å². The summed E-state index contributed by atoms with van der Waals surface area (Å²) in [5, 5.41) is 0. The number of hydrogen-bond acceptors (Lipinski definition) is 3. The van der Waals surface area contributed by atoms with Crippen molar-refractivity contribution >= 4 is 5.69 Å². The van der Waals surface area contributed by atoms with E-state index >= 15 is 0 Å². The highest BCUT2D eigenvalue weighted by molar-refractivity contribution is 5.40. The maximum Gasteiger partial charge on any atom is 0.129 e. The zero-order valence-electron chi connectivity index (χ0n) is 11.0. The number of nitrogens with zero attached hydrogens (tertiary/aromatic N) is 2. The summed E-state index contributed by atoms with van der Waals surface area (Å²) in [5.41, 5.74) is 7.90. The molecule has 0 spiro atoms. The normalized spacial score (nSPS) is 10.9. The molecule has 1 aromatic heterocycles. The Morgan fingerprint density at radius 1 is 1.21 bits per heavy atom. The number of benzene rings is 1. The predicted molar refractivity (Wildman–Crippen MR) is 75.1 cm³/mol. The summed E-state index contributed by atoms with van der Waals surface area (Å²) >= 11 is 0. The first-order chi connectivity index (χ1) is 9.15. The molecule has 1 heterocycles. The van der Waals surface area contributed by atoms with Gasteiger partial charge in [0.25, 0.3) is 0 Å². The molecule has 0 radical (unpaired) electrons. The molecule has 0 aliphatic rings. The first kappa shape index (κ1) is 13.5. The fraction of sp³-hybridized carbons (Fsp3) is 0.267. The summed E-state index contributed by atoms with van der Waals surface area (Å²) in [4.78, 5) is 6.08. The lowest BCUT2D eigenvalue weighted by Crippen LogP contribution is -2.21. The number of hydrogen-bond donors (Lipinski definition) is 1. The molecule has 3 nitrogen and oxygen atoms in total. The van der Waals surface area contributed by atoms with Crippen LogP contribution in [0.5, 0.6) is 0 Å². The van der Waals surface area contributed by atoms with Crippen molar-refractivity contribution in [3.05, 3.63) is 59.7 Å². The largest absolute Gasteiger partial charge is 0.399 e. The lowest BCUT2D eigenvalue weighted by molar-refractivity contribution is 0.325. The molecule has 0 atom stereocenters. The van der Waals surface area contributed by atoms with E-state index in [2.05, 4.69) is 9.88 Å². The fourth-order valence-corrected chi connectivity index (χ4v) is 1.93. The molecule has 0 unspecified atom stereocenters. The quantitative estimate of drug-likeness (QED) is 0.839. The molecule has 0 fully saturated rings. The van der Waals surface area contributed by atoms with Crippen molar-refractivity contribution < 1.29 is 4.39 Å². The molecule has 0 aliphatic heterocycles. The lowest BCUT2D eigenvalue weighted by Gasteiger charge is -2.17. The van der Waals surface area contributed by atoms with Crippen LogP contribution in [-0.4, -0.2) is 23.5 Å². The Kier molecular flexibility index (Phi) is 4.47. The minimum absolute atomic E-state index is 0.240. The Balaban J connectivity index is 1.89. The monoisotopic (exact) mass is 259 g/mol. The van der Waals surface area contributed by atoms with Gasteiger partial charge in [0.05, 0.1) is 0 Å². The van der Waals surface area contributed by atoms with Gasteiger partial charge in [-0.3, -0.25) is 4.98 Å². The van der Waals surface area contributed by atoms with Crippen molar-refractivity contribution in [2.45, 2.75) is 13.0 Å². The summed E-state index contributed by atoms with van der Waals surface area (Å²) in [6.07, 6.45) is 4.50. The van der Waals surface area contributed by atoms with E-state index in [1.165, 1.54) is 11.6 Å². The van der Waals surface area contributed by atoms with Crippen LogP contribution in [0.4, 0.5) is 10.1 Å². The van der Waals surface area contributed by atoms with E-state index in [1.54, 1.807) is 24.5 Å². The van der Waals surface area contributed by atoms with Crippen LogP contribution in [0.1, 0.15) is 11.1 Å². The van der Waals surface area contributed by atoms with Crippen LogP contribution in [0.3, 0.4) is 0 Å². The Morgan fingerprint density at radius 2 is 1.95 bits per heavy atom. The lowest BCUT2D eigenvalue weighted by atomic mass is 10.1. The topological polar surface area (TPSA) is 42.2 Å². The van der Waals surface area contributed by atoms with Crippen LogP contribution in [0.25, 0.3) is 0 Å². The maximum atomic E-state index is 13.7. The SMILES string of the molecule is CN(CCc1ccncc1)Cc1ccc(N)cc1F. The first-order valence-corrected chi connectivity index (χ1v) is 6.26. The van der Waals surface area contributed by atoms with E-state index in [4.69, 9.17) is 5.73 Å². The van der Waals surface area contributed by atoms with E-state index < -0.39 is 0 Å². The van der Waals surface area contributed by atoms with Gasteiger partial charge in [-0.2, -0.15) is 0 Å². The number of halogens is 1. The van der Waals surface area contributed by atoms with Crippen molar-refractivity contribution in [2.24, 2.45) is 0 Å². The molecule has 1 aromatic carbocycles.